The third-order valence-corrected chi connectivity index (χ3v) is 5.11. The molecule has 0 radical (unpaired) electrons. The lowest BCUT2D eigenvalue weighted by atomic mass is 10.1. The molecule has 0 unspecified atom stereocenters. The molecule has 168 valence electrons. The van der Waals surface area contributed by atoms with Gasteiger partial charge in [0.25, 0.3) is 5.69 Å². The number of carbonyl (C=O) groups is 1. The lowest BCUT2D eigenvalue weighted by Crippen LogP contribution is -2.08. The van der Waals surface area contributed by atoms with Crippen LogP contribution in [0.25, 0.3) is 0 Å². The van der Waals surface area contributed by atoms with Crippen molar-refractivity contribution < 1.29 is 19.2 Å². The van der Waals surface area contributed by atoms with Crippen LogP contribution in [0.2, 0.25) is 0 Å². The number of hydrogen-bond acceptors (Lipinski definition) is 5. The second-order valence-electron chi connectivity index (χ2n) is 7.70. The van der Waals surface area contributed by atoms with Crippen LogP contribution in [0, 0.1) is 10.1 Å². The van der Waals surface area contributed by atoms with Crippen LogP contribution in [0.5, 0.6) is 11.5 Å². The van der Waals surface area contributed by atoms with E-state index in [1.165, 1.54) is 82.1 Å². The van der Waals surface area contributed by atoms with Crippen LogP contribution in [0.4, 0.5) is 5.69 Å². The predicted molar refractivity (Wildman–Crippen MR) is 122 cm³/mol. The van der Waals surface area contributed by atoms with Crippen LogP contribution in [0.1, 0.15) is 81.5 Å². The highest BCUT2D eigenvalue weighted by atomic mass is 16.6. The molecule has 6 nitrogen and oxygen atoms in total. The Morgan fingerprint density at radius 1 is 0.774 bits per heavy atom. The molecule has 0 fully saturated rings. The number of rotatable bonds is 15. The second kappa shape index (κ2) is 14.2. The van der Waals surface area contributed by atoms with Crippen LogP contribution >= 0.6 is 0 Å². The largest absolute Gasteiger partial charge is 0.494 e. The number of unbranched alkanes of at least 4 members (excludes halogenated alkanes) is 9. The molecular weight excluding hydrogens is 394 g/mol. The topological polar surface area (TPSA) is 78.7 Å². The third kappa shape index (κ3) is 9.64. The van der Waals surface area contributed by atoms with Crippen LogP contribution in [0.15, 0.2) is 48.5 Å². The minimum atomic E-state index is -0.518. The van der Waals surface area contributed by atoms with Gasteiger partial charge in [0.2, 0.25) is 0 Å². The summed E-state index contributed by atoms with van der Waals surface area (Å²) < 4.78 is 11.0. The Morgan fingerprint density at radius 2 is 1.29 bits per heavy atom. The normalized spacial score (nSPS) is 10.6. The first-order valence-corrected chi connectivity index (χ1v) is 11.3. The lowest BCUT2D eigenvalue weighted by Gasteiger charge is -2.08. The van der Waals surface area contributed by atoms with Crippen LogP contribution < -0.4 is 9.47 Å². The molecule has 0 aliphatic rings. The lowest BCUT2D eigenvalue weighted by molar-refractivity contribution is -0.384. The van der Waals surface area contributed by atoms with Gasteiger partial charge < -0.3 is 9.47 Å². The summed E-state index contributed by atoms with van der Waals surface area (Å²) in [5.41, 5.74) is 0.341. The highest BCUT2D eigenvalue weighted by molar-refractivity contribution is 5.91. The zero-order valence-corrected chi connectivity index (χ0v) is 18.4. The van der Waals surface area contributed by atoms with Crippen molar-refractivity contribution >= 4 is 11.7 Å². The zero-order chi connectivity index (χ0) is 22.3. The zero-order valence-electron chi connectivity index (χ0n) is 18.4. The summed E-state index contributed by atoms with van der Waals surface area (Å²) in [6.45, 7) is 2.91. The highest BCUT2D eigenvalue weighted by Gasteiger charge is 2.10. The summed E-state index contributed by atoms with van der Waals surface area (Å²) in [5, 5.41) is 10.7. The van der Waals surface area contributed by atoms with Crippen molar-refractivity contribution in [2.45, 2.75) is 71.1 Å². The molecule has 0 spiro atoms. The van der Waals surface area contributed by atoms with Gasteiger partial charge in [0.05, 0.1) is 17.1 Å². The summed E-state index contributed by atoms with van der Waals surface area (Å²) in [6, 6.07) is 12.2. The van der Waals surface area contributed by atoms with Crippen molar-refractivity contribution in [2.24, 2.45) is 0 Å². The Kier molecular flexibility index (Phi) is 11.1. The van der Waals surface area contributed by atoms with E-state index in [1.54, 1.807) is 24.3 Å². The van der Waals surface area contributed by atoms with E-state index in [0.717, 1.165) is 12.2 Å². The molecule has 0 aromatic heterocycles. The number of nitrogens with zero attached hydrogens (tertiary/aromatic N) is 1. The quantitative estimate of drug-likeness (QED) is 0.0994. The average molecular weight is 428 g/mol. The van der Waals surface area contributed by atoms with Gasteiger partial charge in [-0.05, 0) is 42.8 Å². The Morgan fingerprint density at radius 3 is 1.84 bits per heavy atom. The first-order chi connectivity index (χ1) is 15.1. The molecule has 0 aliphatic carbocycles. The molecule has 0 bridgehead atoms. The number of ether oxygens (including phenoxy) is 2. The van der Waals surface area contributed by atoms with E-state index in [-0.39, 0.29) is 11.4 Å². The summed E-state index contributed by atoms with van der Waals surface area (Å²) in [5.74, 6) is 0.467. The third-order valence-electron chi connectivity index (χ3n) is 5.11. The maximum absolute atomic E-state index is 12.2. The van der Waals surface area contributed by atoms with Crippen LogP contribution in [-0.2, 0) is 0 Å². The van der Waals surface area contributed by atoms with Gasteiger partial charge in [-0.25, -0.2) is 4.79 Å². The molecular formula is C25H33NO5. The Balaban J connectivity index is 1.61. The van der Waals surface area contributed by atoms with E-state index in [0.29, 0.717) is 12.2 Å². The van der Waals surface area contributed by atoms with Gasteiger partial charge in [0.15, 0.2) is 0 Å². The van der Waals surface area contributed by atoms with Crippen molar-refractivity contribution in [3.63, 3.8) is 0 Å². The minimum Gasteiger partial charge on any atom is -0.494 e. The summed E-state index contributed by atoms with van der Waals surface area (Å²) in [7, 11) is 0. The maximum Gasteiger partial charge on any atom is 0.343 e. The Hall–Kier alpha value is -2.89. The molecule has 0 saturated heterocycles. The standard InChI is InChI=1S/C25H33NO5/c1-2-3-4-5-6-7-8-9-10-11-20-30-23-16-12-21(13-17-23)25(27)31-24-18-14-22(15-19-24)26(28)29/h12-19H,2-11,20H2,1H3. The molecule has 0 N–H and O–H groups in total. The molecule has 2 aromatic rings. The van der Waals surface area contributed by atoms with Gasteiger partial charge in [-0.3, -0.25) is 10.1 Å². The fourth-order valence-corrected chi connectivity index (χ4v) is 3.27. The van der Waals surface area contributed by atoms with Crippen molar-refractivity contribution in [3.05, 3.63) is 64.2 Å². The predicted octanol–water partition coefficient (Wildman–Crippen LogP) is 7.11. The van der Waals surface area contributed by atoms with Crippen molar-refractivity contribution in [1.82, 2.24) is 0 Å². The van der Waals surface area contributed by atoms with E-state index < -0.39 is 10.9 Å². The molecule has 0 aliphatic heterocycles. The van der Waals surface area contributed by atoms with Gasteiger partial charge in [-0.15, -0.1) is 0 Å². The van der Waals surface area contributed by atoms with Crippen molar-refractivity contribution in [3.8, 4) is 11.5 Å². The summed E-state index contributed by atoms with van der Waals surface area (Å²) >= 11 is 0. The molecule has 0 amide bonds. The molecule has 31 heavy (non-hydrogen) atoms. The first kappa shape index (κ1) is 24.4. The fourth-order valence-electron chi connectivity index (χ4n) is 3.27. The highest BCUT2D eigenvalue weighted by Crippen LogP contribution is 2.20. The molecule has 0 heterocycles. The van der Waals surface area contributed by atoms with E-state index in [2.05, 4.69) is 6.92 Å². The van der Waals surface area contributed by atoms with E-state index in [9.17, 15) is 14.9 Å². The summed E-state index contributed by atoms with van der Waals surface area (Å²) in [6.07, 6.45) is 12.9. The van der Waals surface area contributed by atoms with Gasteiger partial charge >= 0.3 is 5.97 Å². The number of nitro benzene ring substituents is 1. The average Bonchev–Trinajstić information content (AvgIpc) is 2.78. The number of esters is 1. The monoisotopic (exact) mass is 427 g/mol. The fraction of sp³-hybridized carbons (Fsp3) is 0.480. The summed E-state index contributed by atoms with van der Waals surface area (Å²) in [4.78, 5) is 22.4. The van der Waals surface area contributed by atoms with Crippen LogP contribution in [-0.4, -0.2) is 17.5 Å². The second-order valence-corrected chi connectivity index (χ2v) is 7.70. The Labute approximate surface area is 184 Å². The number of benzene rings is 2. The van der Waals surface area contributed by atoms with E-state index in [1.807, 2.05) is 0 Å². The SMILES string of the molecule is CCCCCCCCCCCCOc1ccc(C(=O)Oc2ccc([N+](=O)[O-])cc2)cc1. The molecule has 2 aromatic carbocycles. The molecule has 2 rings (SSSR count). The number of nitro groups is 1. The Bertz CT molecular complexity index is 787. The van der Waals surface area contributed by atoms with Crippen molar-refractivity contribution in [2.75, 3.05) is 6.61 Å². The number of non-ortho nitro benzene ring substituents is 1. The minimum absolute atomic E-state index is 0.0521. The van der Waals surface area contributed by atoms with E-state index in [4.69, 9.17) is 9.47 Å². The maximum atomic E-state index is 12.2. The number of hydrogen-bond donors (Lipinski definition) is 0. The molecule has 6 heteroatoms. The van der Waals surface area contributed by atoms with Crippen LogP contribution in [0.3, 0.4) is 0 Å². The molecule has 0 saturated carbocycles. The van der Waals surface area contributed by atoms with Gasteiger partial charge in [0, 0.05) is 12.1 Å². The van der Waals surface area contributed by atoms with Gasteiger partial charge in [-0.2, -0.15) is 0 Å². The van der Waals surface area contributed by atoms with Gasteiger partial charge in [0.1, 0.15) is 11.5 Å². The first-order valence-electron chi connectivity index (χ1n) is 11.3. The van der Waals surface area contributed by atoms with Crippen molar-refractivity contribution in [1.29, 1.82) is 0 Å². The molecule has 0 atom stereocenters. The number of carbonyl (C=O) groups excluding carboxylic acids is 1. The smallest absolute Gasteiger partial charge is 0.343 e. The van der Waals surface area contributed by atoms with E-state index >= 15 is 0 Å². The van der Waals surface area contributed by atoms with Gasteiger partial charge in [-0.1, -0.05) is 64.7 Å².